The molecule has 0 aliphatic rings. The average molecular weight is 466 g/mol. The van der Waals surface area contributed by atoms with Crippen molar-refractivity contribution >= 4 is 17.0 Å². The van der Waals surface area contributed by atoms with E-state index in [0.717, 1.165) is 55.3 Å². The van der Waals surface area contributed by atoms with Gasteiger partial charge in [-0.1, -0.05) is 44.4 Å². The van der Waals surface area contributed by atoms with Crippen molar-refractivity contribution in [3.05, 3.63) is 58.9 Å². The first-order chi connectivity index (χ1) is 16.4. The molecule has 0 radical (unpaired) electrons. The van der Waals surface area contributed by atoms with E-state index in [1.165, 1.54) is 31.2 Å². The molecule has 0 atom stereocenters. The third-order valence-electron chi connectivity index (χ3n) is 6.27. The van der Waals surface area contributed by atoms with Crippen LogP contribution in [0.2, 0.25) is 0 Å². The highest BCUT2D eigenvalue weighted by Crippen LogP contribution is 2.23. The molecule has 34 heavy (non-hydrogen) atoms. The number of rotatable bonds is 14. The van der Waals surface area contributed by atoms with Gasteiger partial charge in [-0.25, -0.2) is 9.78 Å². The van der Waals surface area contributed by atoms with Crippen molar-refractivity contribution in [3.8, 4) is 5.75 Å². The van der Waals surface area contributed by atoms with Crippen LogP contribution in [0.5, 0.6) is 5.75 Å². The highest BCUT2D eigenvalue weighted by molar-refractivity contribution is 5.92. The van der Waals surface area contributed by atoms with Crippen molar-refractivity contribution in [2.75, 3.05) is 19.6 Å². The van der Waals surface area contributed by atoms with E-state index >= 15 is 0 Å². The van der Waals surface area contributed by atoms with Gasteiger partial charge in [-0.3, -0.25) is 0 Å². The fourth-order valence-corrected chi connectivity index (χ4v) is 4.33. The van der Waals surface area contributed by atoms with Crippen LogP contribution in [0.15, 0.2) is 36.4 Å². The lowest BCUT2D eigenvalue weighted by Crippen LogP contribution is -2.28. The average Bonchev–Trinajstić information content (AvgIpc) is 3.16. The minimum absolute atomic E-state index is 0.254. The lowest BCUT2D eigenvalue weighted by molar-refractivity contribution is 0.0697. The molecule has 0 bridgehead atoms. The van der Waals surface area contributed by atoms with Gasteiger partial charge in [0.25, 0.3) is 0 Å². The number of fused-ring (bicyclic) bond motifs is 1. The summed E-state index contributed by atoms with van der Waals surface area (Å²) in [6, 6.07) is 11.3. The maximum Gasteiger partial charge on any atom is 0.335 e. The molecule has 0 aliphatic carbocycles. The van der Waals surface area contributed by atoms with Crippen LogP contribution in [0.4, 0.5) is 0 Å². The Labute approximate surface area is 203 Å². The summed E-state index contributed by atoms with van der Waals surface area (Å²) < 4.78 is 8.35. The number of carbonyl (C=O) groups is 1. The summed E-state index contributed by atoms with van der Waals surface area (Å²) in [6.07, 6.45) is 5.88. The van der Waals surface area contributed by atoms with Crippen LogP contribution in [-0.2, 0) is 13.2 Å². The Bertz CT molecular complexity index is 1080. The molecule has 0 aliphatic heterocycles. The first kappa shape index (κ1) is 25.8. The molecule has 184 valence electrons. The number of imidazole rings is 1. The van der Waals surface area contributed by atoms with Crippen LogP contribution in [0.1, 0.15) is 73.3 Å². The Morgan fingerprint density at radius 1 is 1.00 bits per heavy atom. The van der Waals surface area contributed by atoms with E-state index in [4.69, 9.17) is 9.72 Å². The summed E-state index contributed by atoms with van der Waals surface area (Å²) in [4.78, 5) is 18.8. The SMILES string of the molecule is CCCCN(CCCC)CCCn1c(COc2ccc(C)cc2C)nc2cc(C(=O)O)ccc21. The van der Waals surface area contributed by atoms with Gasteiger partial charge in [0.1, 0.15) is 18.2 Å². The van der Waals surface area contributed by atoms with Crippen molar-refractivity contribution < 1.29 is 14.6 Å². The van der Waals surface area contributed by atoms with Crippen LogP contribution in [0.25, 0.3) is 11.0 Å². The zero-order valence-corrected chi connectivity index (χ0v) is 21.1. The monoisotopic (exact) mass is 465 g/mol. The molecular weight excluding hydrogens is 426 g/mol. The summed E-state index contributed by atoms with van der Waals surface area (Å²) >= 11 is 0. The van der Waals surface area contributed by atoms with Crippen molar-refractivity contribution in [2.24, 2.45) is 0 Å². The largest absolute Gasteiger partial charge is 0.485 e. The fraction of sp³-hybridized carbons (Fsp3) is 0.500. The minimum Gasteiger partial charge on any atom is -0.485 e. The van der Waals surface area contributed by atoms with Crippen LogP contribution < -0.4 is 4.74 Å². The van der Waals surface area contributed by atoms with Gasteiger partial charge in [0, 0.05) is 6.54 Å². The van der Waals surface area contributed by atoms with Crippen LogP contribution in [0.3, 0.4) is 0 Å². The Morgan fingerprint density at radius 2 is 1.71 bits per heavy atom. The molecule has 0 saturated heterocycles. The zero-order valence-electron chi connectivity index (χ0n) is 21.1. The number of nitrogens with zero attached hydrogens (tertiary/aromatic N) is 3. The fourth-order valence-electron chi connectivity index (χ4n) is 4.33. The molecule has 2 aromatic carbocycles. The van der Waals surface area contributed by atoms with Crippen LogP contribution >= 0.6 is 0 Å². The lowest BCUT2D eigenvalue weighted by atomic mass is 10.1. The summed E-state index contributed by atoms with van der Waals surface area (Å²) in [5, 5.41) is 9.40. The predicted molar refractivity (Wildman–Crippen MR) is 138 cm³/mol. The normalized spacial score (nSPS) is 11.4. The molecule has 1 N–H and O–H groups in total. The van der Waals surface area contributed by atoms with E-state index in [-0.39, 0.29) is 5.56 Å². The number of carboxylic acid groups (broad SMARTS) is 1. The van der Waals surface area contributed by atoms with E-state index in [0.29, 0.717) is 12.1 Å². The first-order valence-electron chi connectivity index (χ1n) is 12.6. The van der Waals surface area contributed by atoms with Gasteiger partial charge in [0.05, 0.1) is 16.6 Å². The Kier molecular flexibility index (Phi) is 9.52. The van der Waals surface area contributed by atoms with E-state index in [9.17, 15) is 9.90 Å². The van der Waals surface area contributed by atoms with Crippen LogP contribution in [-0.4, -0.2) is 45.2 Å². The number of unbranched alkanes of at least 4 members (excludes halogenated alkanes) is 2. The smallest absolute Gasteiger partial charge is 0.335 e. The van der Waals surface area contributed by atoms with Gasteiger partial charge in [-0.15, -0.1) is 0 Å². The van der Waals surface area contributed by atoms with Crippen molar-refractivity contribution in [1.82, 2.24) is 14.5 Å². The number of carboxylic acids is 1. The molecule has 6 heteroatoms. The number of hydrogen-bond donors (Lipinski definition) is 1. The maximum absolute atomic E-state index is 11.5. The van der Waals surface area contributed by atoms with Gasteiger partial charge >= 0.3 is 5.97 Å². The van der Waals surface area contributed by atoms with E-state index < -0.39 is 5.97 Å². The molecular formula is C28H39N3O3. The molecule has 0 amide bonds. The van der Waals surface area contributed by atoms with E-state index in [1.54, 1.807) is 12.1 Å². The van der Waals surface area contributed by atoms with Gasteiger partial charge in [0.2, 0.25) is 0 Å². The Hall–Kier alpha value is -2.86. The molecule has 0 unspecified atom stereocenters. The minimum atomic E-state index is -0.938. The predicted octanol–water partition coefficient (Wildman–Crippen LogP) is 6.22. The van der Waals surface area contributed by atoms with E-state index in [1.807, 2.05) is 25.1 Å². The second-order valence-electron chi connectivity index (χ2n) is 9.15. The third kappa shape index (κ3) is 6.83. The standard InChI is InChI=1S/C28H39N3O3/c1-5-7-14-30(15-8-6-2)16-9-17-31-25-12-11-23(28(32)33)19-24(25)29-27(31)20-34-26-13-10-21(3)18-22(26)4/h10-13,18-19H,5-9,14-17,20H2,1-4H3,(H,32,33). The number of benzene rings is 2. The van der Waals surface area contributed by atoms with E-state index in [2.05, 4.69) is 36.3 Å². The maximum atomic E-state index is 11.5. The molecule has 1 heterocycles. The van der Waals surface area contributed by atoms with Gasteiger partial charge < -0.3 is 19.3 Å². The molecule has 3 rings (SSSR count). The summed E-state index contributed by atoms with van der Waals surface area (Å²) in [7, 11) is 0. The molecule has 6 nitrogen and oxygen atoms in total. The molecule has 1 aromatic heterocycles. The highest BCUT2D eigenvalue weighted by Gasteiger charge is 2.15. The number of hydrogen-bond acceptors (Lipinski definition) is 4. The van der Waals surface area contributed by atoms with Crippen molar-refractivity contribution in [1.29, 1.82) is 0 Å². The Balaban J connectivity index is 1.79. The van der Waals surface area contributed by atoms with Gasteiger partial charge in [-0.2, -0.15) is 0 Å². The second-order valence-corrected chi connectivity index (χ2v) is 9.15. The molecule has 0 saturated carbocycles. The summed E-state index contributed by atoms with van der Waals surface area (Å²) in [5.74, 6) is 0.735. The van der Waals surface area contributed by atoms with Crippen molar-refractivity contribution in [3.63, 3.8) is 0 Å². The number of aryl methyl sites for hydroxylation is 3. The van der Waals surface area contributed by atoms with Gasteiger partial charge in [-0.05, 0) is 82.6 Å². The first-order valence-corrected chi connectivity index (χ1v) is 12.6. The molecule has 0 spiro atoms. The lowest BCUT2D eigenvalue weighted by Gasteiger charge is -2.22. The van der Waals surface area contributed by atoms with Gasteiger partial charge in [0.15, 0.2) is 0 Å². The summed E-state index contributed by atoms with van der Waals surface area (Å²) in [6.45, 7) is 13.1. The molecule has 3 aromatic rings. The third-order valence-corrected chi connectivity index (χ3v) is 6.27. The number of ether oxygens (including phenoxy) is 1. The van der Waals surface area contributed by atoms with Crippen molar-refractivity contribution in [2.45, 2.75) is 73.0 Å². The second kappa shape index (κ2) is 12.6. The topological polar surface area (TPSA) is 67.6 Å². The zero-order chi connectivity index (χ0) is 24.5. The highest BCUT2D eigenvalue weighted by atomic mass is 16.5. The van der Waals surface area contributed by atoms with Crippen LogP contribution in [0, 0.1) is 13.8 Å². The quantitative estimate of drug-likeness (QED) is 0.306. The number of aromatic nitrogens is 2. The Morgan fingerprint density at radius 3 is 2.35 bits per heavy atom. The summed E-state index contributed by atoms with van der Waals surface area (Å²) in [5.41, 5.74) is 4.21. The molecule has 0 fully saturated rings. The number of aromatic carboxylic acids is 1.